The van der Waals surface area contributed by atoms with Crippen molar-refractivity contribution >= 4 is 23.2 Å². The van der Waals surface area contributed by atoms with Crippen LogP contribution in [0.5, 0.6) is 0 Å². The molecule has 0 fully saturated rings. The number of amides is 2. The zero-order chi connectivity index (χ0) is 18.1. The van der Waals surface area contributed by atoms with Gasteiger partial charge in [-0.2, -0.15) is 0 Å². The molecule has 0 saturated carbocycles. The second-order valence-electron chi connectivity index (χ2n) is 5.99. The van der Waals surface area contributed by atoms with Crippen molar-refractivity contribution in [2.24, 2.45) is 0 Å². The molecule has 0 saturated heterocycles. The number of benzene rings is 1. The van der Waals surface area contributed by atoms with Crippen molar-refractivity contribution in [2.45, 2.75) is 19.8 Å². The Hall–Kier alpha value is -3.35. The predicted octanol–water partition coefficient (Wildman–Crippen LogP) is 3.49. The van der Waals surface area contributed by atoms with Gasteiger partial charge in [0.25, 0.3) is 5.91 Å². The summed E-state index contributed by atoms with van der Waals surface area (Å²) < 4.78 is 10.4. The molecule has 0 aliphatic carbocycles. The molecule has 2 amide bonds. The Kier molecular flexibility index (Phi) is 4.04. The Balaban J connectivity index is 1.53. The van der Waals surface area contributed by atoms with Crippen molar-refractivity contribution in [1.82, 2.24) is 5.16 Å². The number of carbonyl (C=O) groups is 2. The first kappa shape index (κ1) is 16.1. The molecule has 0 radical (unpaired) electrons. The lowest BCUT2D eigenvalue weighted by Gasteiger charge is -2.28. The number of furan rings is 1. The summed E-state index contributed by atoms with van der Waals surface area (Å²) in [5.41, 5.74) is 2.77. The third kappa shape index (κ3) is 2.88. The highest BCUT2D eigenvalue weighted by Gasteiger charge is 2.23. The van der Waals surface area contributed by atoms with Gasteiger partial charge in [0.1, 0.15) is 0 Å². The van der Waals surface area contributed by atoms with Gasteiger partial charge in [-0.05, 0) is 49.2 Å². The van der Waals surface area contributed by atoms with Crippen molar-refractivity contribution in [3.8, 4) is 11.5 Å². The third-order valence-corrected chi connectivity index (χ3v) is 4.36. The summed E-state index contributed by atoms with van der Waals surface area (Å²) in [7, 11) is 0. The summed E-state index contributed by atoms with van der Waals surface area (Å²) in [6.07, 6.45) is 2.67. The SMILES string of the molecule is CCN1C(=O)CCc2cc(NC(=O)c3cc(-c4ccco4)on3)ccc21. The Bertz CT molecular complexity index is 959. The number of hydrogen-bond donors (Lipinski definition) is 1. The van der Waals surface area contributed by atoms with Gasteiger partial charge in [-0.15, -0.1) is 0 Å². The summed E-state index contributed by atoms with van der Waals surface area (Å²) in [5.74, 6) is 0.660. The van der Waals surface area contributed by atoms with E-state index >= 15 is 0 Å². The van der Waals surface area contributed by atoms with Gasteiger partial charge in [-0.25, -0.2) is 0 Å². The molecule has 1 aliphatic rings. The number of anilines is 2. The van der Waals surface area contributed by atoms with Crippen LogP contribution in [-0.2, 0) is 11.2 Å². The lowest BCUT2D eigenvalue weighted by molar-refractivity contribution is -0.118. The van der Waals surface area contributed by atoms with Crippen molar-refractivity contribution in [3.05, 3.63) is 53.9 Å². The number of aromatic nitrogens is 1. The van der Waals surface area contributed by atoms with E-state index in [2.05, 4.69) is 10.5 Å². The summed E-state index contributed by atoms with van der Waals surface area (Å²) in [6.45, 7) is 2.58. The normalized spacial score (nSPS) is 13.6. The van der Waals surface area contributed by atoms with E-state index in [0.29, 0.717) is 36.6 Å². The van der Waals surface area contributed by atoms with Crippen LogP contribution in [0.15, 0.2) is 51.6 Å². The first-order chi connectivity index (χ1) is 12.7. The minimum atomic E-state index is -0.370. The van der Waals surface area contributed by atoms with Crippen LogP contribution in [0.3, 0.4) is 0 Å². The first-order valence-corrected chi connectivity index (χ1v) is 8.41. The quantitative estimate of drug-likeness (QED) is 0.777. The van der Waals surface area contributed by atoms with E-state index in [-0.39, 0.29) is 17.5 Å². The Labute approximate surface area is 149 Å². The Morgan fingerprint density at radius 3 is 2.88 bits per heavy atom. The maximum atomic E-state index is 12.4. The molecule has 3 heterocycles. The molecular formula is C19H17N3O4. The monoisotopic (exact) mass is 351 g/mol. The average Bonchev–Trinajstić information content (AvgIpc) is 3.33. The second-order valence-corrected chi connectivity index (χ2v) is 5.99. The fourth-order valence-corrected chi connectivity index (χ4v) is 3.10. The Morgan fingerprint density at radius 1 is 1.23 bits per heavy atom. The van der Waals surface area contributed by atoms with Gasteiger partial charge in [-0.1, -0.05) is 5.16 Å². The molecule has 0 atom stereocenters. The molecule has 1 aliphatic heterocycles. The third-order valence-electron chi connectivity index (χ3n) is 4.36. The maximum absolute atomic E-state index is 12.4. The van der Waals surface area contributed by atoms with Gasteiger partial charge in [0.2, 0.25) is 11.7 Å². The number of fused-ring (bicyclic) bond motifs is 1. The van der Waals surface area contributed by atoms with Crippen LogP contribution in [0, 0.1) is 0 Å². The zero-order valence-corrected chi connectivity index (χ0v) is 14.2. The van der Waals surface area contributed by atoms with Crippen molar-refractivity contribution in [2.75, 3.05) is 16.8 Å². The molecule has 7 nitrogen and oxygen atoms in total. The van der Waals surface area contributed by atoms with Gasteiger partial charge >= 0.3 is 0 Å². The van der Waals surface area contributed by atoms with E-state index in [9.17, 15) is 9.59 Å². The lowest BCUT2D eigenvalue weighted by atomic mass is 10.0. The van der Waals surface area contributed by atoms with E-state index < -0.39 is 0 Å². The van der Waals surface area contributed by atoms with Gasteiger partial charge in [-0.3, -0.25) is 9.59 Å². The molecule has 26 heavy (non-hydrogen) atoms. The van der Waals surface area contributed by atoms with Crippen LogP contribution in [0.4, 0.5) is 11.4 Å². The highest BCUT2D eigenvalue weighted by atomic mass is 16.5. The van der Waals surface area contributed by atoms with E-state index in [1.165, 1.54) is 12.3 Å². The second kappa shape index (κ2) is 6.51. The van der Waals surface area contributed by atoms with Crippen LogP contribution in [0.2, 0.25) is 0 Å². The number of nitrogens with zero attached hydrogens (tertiary/aromatic N) is 2. The summed E-state index contributed by atoms with van der Waals surface area (Å²) in [4.78, 5) is 26.1. The number of carbonyl (C=O) groups excluding carboxylic acids is 2. The fourth-order valence-electron chi connectivity index (χ4n) is 3.10. The topological polar surface area (TPSA) is 88.6 Å². The molecule has 1 aromatic carbocycles. The number of nitrogens with one attached hydrogen (secondary N) is 1. The highest BCUT2D eigenvalue weighted by Crippen LogP contribution is 2.30. The summed E-state index contributed by atoms with van der Waals surface area (Å²) in [5, 5.41) is 6.61. The van der Waals surface area contributed by atoms with Crippen molar-refractivity contribution < 1.29 is 18.5 Å². The fraction of sp³-hybridized carbons (Fsp3) is 0.211. The van der Waals surface area contributed by atoms with Crippen LogP contribution in [0.25, 0.3) is 11.5 Å². The molecule has 0 spiro atoms. The van der Waals surface area contributed by atoms with Crippen LogP contribution in [0.1, 0.15) is 29.4 Å². The van der Waals surface area contributed by atoms with E-state index in [0.717, 1.165) is 11.3 Å². The zero-order valence-electron chi connectivity index (χ0n) is 14.2. The molecule has 0 unspecified atom stereocenters. The molecular weight excluding hydrogens is 334 g/mol. The molecule has 4 rings (SSSR count). The molecule has 1 N–H and O–H groups in total. The van der Waals surface area contributed by atoms with Gasteiger partial charge < -0.3 is 19.2 Å². The minimum absolute atomic E-state index is 0.129. The summed E-state index contributed by atoms with van der Waals surface area (Å²) in [6, 6.07) is 10.5. The smallest absolute Gasteiger partial charge is 0.277 e. The predicted molar refractivity (Wildman–Crippen MR) is 94.9 cm³/mol. The molecule has 0 bridgehead atoms. The highest BCUT2D eigenvalue weighted by molar-refractivity contribution is 6.04. The number of hydrogen-bond acceptors (Lipinski definition) is 5. The van der Waals surface area contributed by atoms with Crippen LogP contribution < -0.4 is 10.2 Å². The molecule has 132 valence electrons. The number of aryl methyl sites for hydroxylation is 1. The Morgan fingerprint density at radius 2 is 2.12 bits per heavy atom. The van der Waals surface area contributed by atoms with Gasteiger partial charge in [0.15, 0.2) is 11.5 Å². The van der Waals surface area contributed by atoms with E-state index in [4.69, 9.17) is 8.94 Å². The van der Waals surface area contributed by atoms with Crippen LogP contribution in [-0.4, -0.2) is 23.5 Å². The van der Waals surface area contributed by atoms with Crippen molar-refractivity contribution in [3.63, 3.8) is 0 Å². The number of rotatable bonds is 4. The van der Waals surface area contributed by atoms with E-state index in [1.807, 2.05) is 19.1 Å². The molecule has 3 aromatic rings. The van der Waals surface area contributed by atoms with Crippen molar-refractivity contribution in [1.29, 1.82) is 0 Å². The minimum Gasteiger partial charge on any atom is -0.461 e. The first-order valence-electron chi connectivity index (χ1n) is 8.41. The summed E-state index contributed by atoms with van der Waals surface area (Å²) >= 11 is 0. The maximum Gasteiger partial charge on any atom is 0.277 e. The molecule has 7 heteroatoms. The molecule has 2 aromatic heterocycles. The van der Waals surface area contributed by atoms with Gasteiger partial charge in [0, 0.05) is 30.4 Å². The van der Waals surface area contributed by atoms with Crippen LogP contribution >= 0.6 is 0 Å². The average molecular weight is 351 g/mol. The van der Waals surface area contributed by atoms with E-state index in [1.54, 1.807) is 23.1 Å². The van der Waals surface area contributed by atoms with Gasteiger partial charge in [0.05, 0.1) is 6.26 Å². The largest absolute Gasteiger partial charge is 0.461 e. The lowest BCUT2D eigenvalue weighted by Crippen LogP contribution is -2.34. The standard InChI is InChI=1S/C19H17N3O4/c1-2-22-15-7-6-13(10-12(15)5-8-18(22)23)20-19(24)14-11-17(26-21-14)16-4-3-9-25-16/h3-4,6-7,9-11H,2,5,8H2,1H3,(H,20,24).